The molecule has 0 saturated heterocycles. The number of fused-ring (bicyclic) bond motifs is 1. The Morgan fingerprint density at radius 2 is 1.76 bits per heavy atom. The second kappa shape index (κ2) is 10.6. The van der Waals surface area contributed by atoms with Gasteiger partial charge in [0.15, 0.2) is 0 Å². The molecule has 138 valence electrons. The van der Waals surface area contributed by atoms with Crippen molar-refractivity contribution in [2.45, 2.75) is 33.1 Å². The first-order valence-corrected chi connectivity index (χ1v) is 9.79. The fourth-order valence-electron chi connectivity index (χ4n) is 3.21. The van der Waals surface area contributed by atoms with Crippen molar-refractivity contribution < 1.29 is 0 Å². The van der Waals surface area contributed by atoms with Crippen LogP contribution in [0.4, 0.5) is 5.69 Å². The van der Waals surface area contributed by atoms with Crippen LogP contribution < -0.4 is 10.6 Å². The number of rotatable bonds is 11. The summed E-state index contributed by atoms with van der Waals surface area (Å²) in [6, 6.07) is 8.09. The maximum Gasteiger partial charge on any atom is 0.0737 e. The molecule has 0 fully saturated rings. The molecule has 0 bridgehead atoms. The van der Waals surface area contributed by atoms with E-state index in [-0.39, 0.29) is 0 Å². The normalized spacial score (nSPS) is 11.4. The monoisotopic (exact) mass is 362 g/mol. The van der Waals surface area contributed by atoms with E-state index >= 15 is 0 Å². The molecule has 1 aromatic heterocycles. The molecule has 0 spiro atoms. The molecule has 0 radical (unpaired) electrons. The van der Waals surface area contributed by atoms with Crippen LogP contribution >= 0.6 is 11.6 Å². The van der Waals surface area contributed by atoms with Crippen LogP contribution in [0.25, 0.3) is 10.9 Å². The Balaban J connectivity index is 2.16. The van der Waals surface area contributed by atoms with Crippen molar-refractivity contribution in [3.63, 3.8) is 0 Å². The van der Waals surface area contributed by atoms with Crippen LogP contribution in [0.3, 0.4) is 0 Å². The fraction of sp³-hybridized carbons (Fsp3) is 0.550. The third-order valence-corrected chi connectivity index (χ3v) is 4.94. The van der Waals surface area contributed by atoms with Crippen LogP contribution in [0.2, 0.25) is 5.02 Å². The molecular weight excluding hydrogens is 332 g/mol. The van der Waals surface area contributed by atoms with Crippen molar-refractivity contribution in [3.8, 4) is 0 Å². The second-order valence-electron chi connectivity index (χ2n) is 6.35. The lowest BCUT2D eigenvalue weighted by molar-refractivity contribution is 0.300. The third kappa shape index (κ3) is 5.84. The smallest absolute Gasteiger partial charge is 0.0737 e. The second-order valence-corrected chi connectivity index (χ2v) is 6.79. The molecular formula is C20H31ClN4. The van der Waals surface area contributed by atoms with Crippen molar-refractivity contribution in [2.75, 3.05) is 44.2 Å². The van der Waals surface area contributed by atoms with Crippen LogP contribution in [-0.4, -0.2) is 49.2 Å². The highest BCUT2D eigenvalue weighted by atomic mass is 35.5. The highest BCUT2D eigenvalue weighted by Crippen LogP contribution is 2.28. The molecule has 0 amide bonds. The molecule has 1 heterocycles. The van der Waals surface area contributed by atoms with E-state index in [1.165, 1.54) is 11.1 Å². The molecule has 1 aromatic carbocycles. The van der Waals surface area contributed by atoms with Gasteiger partial charge in [-0.05, 0) is 69.7 Å². The standard InChI is InChI=1S/C20H31ClN4/c1-3-24(4-2)13-7-15-25(14-6-5-11-22)20-10-12-23-19-16-17(21)8-9-18(19)20/h8-10,12,16H,3-7,11,13-15,22H2,1-2H3. The van der Waals surface area contributed by atoms with Gasteiger partial charge in [0.05, 0.1) is 5.52 Å². The summed E-state index contributed by atoms with van der Waals surface area (Å²) in [5, 5.41) is 1.90. The number of halogens is 1. The van der Waals surface area contributed by atoms with Crippen LogP contribution in [0, 0.1) is 0 Å². The number of pyridine rings is 1. The zero-order chi connectivity index (χ0) is 18.1. The molecule has 5 heteroatoms. The van der Waals surface area contributed by atoms with Gasteiger partial charge in [-0.2, -0.15) is 0 Å². The van der Waals surface area contributed by atoms with Crippen molar-refractivity contribution in [1.29, 1.82) is 0 Å². The van der Waals surface area contributed by atoms with Gasteiger partial charge < -0.3 is 15.5 Å². The third-order valence-electron chi connectivity index (χ3n) is 4.70. The Morgan fingerprint density at radius 1 is 1.00 bits per heavy atom. The minimum Gasteiger partial charge on any atom is -0.371 e. The van der Waals surface area contributed by atoms with E-state index in [0.717, 1.165) is 69.1 Å². The van der Waals surface area contributed by atoms with Crippen molar-refractivity contribution in [3.05, 3.63) is 35.5 Å². The van der Waals surface area contributed by atoms with Gasteiger partial charge in [0, 0.05) is 35.4 Å². The lowest BCUT2D eigenvalue weighted by Gasteiger charge is -2.27. The predicted molar refractivity (Wildman–Crippen MR) is 110 cm³/mol. The average molecular weight is 363 g/mol. The lowest BCUT2D eigenvalue weighted by atomic mass is 10.1. The summed E-state index contributed by atoms with van der Waals surface area (Å²) < 4.78 is 0. The highest BCUT2D eigenvalue weighted by Gasteiger charge is 2.11. The van der Waals surface area contributed by atoms with Gasteiger partial charge in [-0.15, -0.1) is 0 Å². The van der Waals surface area contributed by atoms with Crippen LogP contribution in [0.15, 0.2) is 30.5 Å². The largest absolute Gasteiger partial charge is 0.371 e. The van der Waals surface area contributed by atoms with Gasteiger partial charge in [0.2, 0.25) is 0 Å². The molecule has 2 rings (SSSR count). The molecule has 0 saturated carbocycles. The van der Waals surface area contributed by atoms with Crippen LogP contribution in [0.1, 0.15) is 33.1 Å². The van der Waals surface area contributed by atoms with Gasteiger partial charge in [-0.25, -0.2) is 0 Å². The van der Waals surface area contributed by atoms with Gasteiger partial charge in [0.1, 0.15) is 0 Å². The van der Waals surface area contributed by atoms with Crippen LogP contribution in [-0.2, 0) is 0 Å². The van der Waals surface area contributed by atoms with E-state index in [1.807, 2.05) is 18.3 Å². The molecule has 2 N–H and O–H groups in total. The predicted octanol–water partition coefficient (Wildman–Crippen LogP) is 4.17. The number of aromatic nitrogens is 1. The Morgan fingerprint density at radius 3 is 2.48 bits per heavy atom. The van der Waals surface area contributed by atoms with Crippen molar-refractivity contribution in [2.24, 2.45) is 5.73 Å². The summed E-state index contributed by atoms with van der Waals surface area (Å²) in [5.41, 5.74) is 7.89. The number of hydrogen-bond donors (Lipinski definition) is 1. The lowest BCUT2D eigenvalue weighted by Crippen LogP contribution is -2.31. The molecule has 0 unspecified atom stereocenters. The minimum atomic E-state index is 0.730. The van der Waals surface area contributed by atoms with Crippen molar-refractivity contribution in [1.82, 2.24) is 9.88 Å². The summed E-state index contributed by atoms with van der Waals surface area (Å²) in [6.07, 6.45) is 5.20. The summed E-state index contributed by atoms with van der Waals surface area (Å²) in [7, 11) is 0. The van der Waals surface area contributed by atoms with Crippen LogP contribution in [0.5, 0.6) is 0 Å². The molecule has 0 aliphatic carbocycles. The van der Waals surface area contributed by atoms with E-state index in [4.69, 9.17) is 17.3 Å². The SMILES string of the molecule is CCN(CC)CCCN(CCCCN)c1ccnc2cc(Cl)ccc12. The van der Waals surface area contributed by atoms with E-state index in [1.54, 1.807) is 0 Å². The number of benzene rings is 1. The first kappa shape index (κ1) is 20.0. The van der Waals surface area contributed by atoms with E-state index in [2.05, 4.69) is 40.8 Å². The van der Waals surface area contributed by atoms with E-state index in [9.17, 15) is 0 Å². The quantitative estimate of drug-likeness (QED) is 0.609. The first-order chi connectivity index (χ1) is 12.2. The zero-order valence-electron chi connectivity index (χ0n) is 15.5. The minimum absolute atomic E-state index is 0.730. The topological polar surface area (TPSA) is 45.4 Å². The van der Waals surface area contributed by atoms with Gasteiger partial charge in [-0.3, -0.25) is 4.98 Å². The summed E-state index contributed by atoms with van der Waals surface area (Å²) in [6.45, 7) is 10.6. The van der Waals surface area contributed by atoms with Gasteiger partial charge in [-0.1, -0.05) is 25.4 Å². The highest BCUT2D eigenvalue weighted by molar-refractivity contribution is 6.31. The number of anilines is 1. The molecule has 0 atom stereocenters. The summed E-state index contributed by atoms with van der Waals surface area (Å²) >= 11 is 6.13. The molecule has 0 aliphatic heterocycles. The summed E-state index contributed by atoms with van der Waals surface area (Å²) in [4.78, 5) is 9.44. The fourth-order valence-corrected chi connectivity index (χ4v) is 3.37. The Bertz CT molecular complexity index is 643. The molecule has 25 heavy (non-hydrogen) atoms. The van der Waals surface area contributed by atoms with E-state index < -0.39 is 0 Å². The van der Waals surface area contributed by atoms with Gasteiger partial charge >= 0.3 is 0 Å². The maximum absolute atomic E-state index is 6.13. The Labute approximate surface area is 157 Å². The molecule has 2 aromatic rings. The Kier molecular flexibility index (Phi) is 8.45. The molecule has 0 aliphatic rings. The number of nitrogens with two attached hydrogens (primary N) is 1. The summed E-state index contributed by atoms with van der Waals surface area (Å²) in [5.74, 6) is 0. The number of hydrogen-bond acceptors (Lipinski definition) is 4. The number of nitrogens with zero attached hydrogens (tertiary/aromatic N) is 3. The zero-order valence-corrected chi connectivity index (χ0v) is 16.3. The number of unbranched alkanes of at least 4 members (excludes halogenated alkanes) is 1. The first-order valence-electron chi connectivity index (χ1n) is 9.41. The Hall–Kier alpha value is -1.36. The molecule has 4 nitrogen and oxygen atoms in total. The average Bonchev–Trinajstić information content (AvgIpc) is 2.63. The van der Waals surface area contributed by atoms with Crippen molar-refractivity contribution >= 4 is 28.2 Å². The van der Waals surface area contributed by atoms with Gasteiger partial charge in [0.25, 0.3) is 0 Å². The maximum atomic E-state index is 6.13. The van der Waals surface area contributed by atoms with E-state index in [0.29, 0.717) is 0 Å².